The minimum Gasteiger partial charge on any atom is -0.344 e. The molecule has 0 saturated carbocycles. The highest BCUT2D eigenvalue weighted by atomic mass is 35.5. The number of amides is 1. The van der Waals surface area contributed by atoms with Crippen LogP contribution in [0, 0.1) is 0 Å². The summed E-state index contributed by atoms with van der Waals surface area (Å²) in [7, 11) is 0. The zero-order chi connectivity index (χ0) is 16.9. The van der Waals surface area contributed by atoms with Gasteiger partial charge in [0.1, 0.15) is 5.69 Å². The van der Waals surface area contributed by atoms with Gasteiger partial charge in [0.15, 0.2) is 0 Å². The Morgan fingerprint density at radius 1 is 1.42 bits per heavy atom. The van der Waals surface area contributed by atoms with Crippen molar-refractivity contribution in [1.82, 2.24) is 20.4 Å². The van der Waals surface area contributed by atoms with E-state index in [-0.39, 0.29) is 11.9 Å². The van der Waals surface area contributed by atoms with E-state index in [1.54, 1.807) is 6.07 Å². The van der Waals surface area contributed by atoms with Crippen molar-refractivity contribution in [1.29, 1.82) is 0 Å². The summed E-state index contributed by atoms with van der Waals surface area (Å²) in [5.74, 6) is -0.140. The first kappa shape index (κ1) is 17.0. The number of carbonyl (C=O) groups excluding carboxylic acids is 1. The highest BCUT2D eigenvalue weighted by Crippen LogP contribution is 2.20. The van der Waals surface area contributed by atoms with Crippen molar-refractivity contribution in [2.24, 2.45) is 0 Å². The lowest BCUT2D eigenvalue weighted by Crippen LogP contribution is -2.32. The van der Waals surface area contributed by atoms with Crippen molar-refractivity contribution in [3.8, 4) is 0 Å². The van der Waals surface area contributed by atoms with Crippen LogP contribution in [0.1, 0.15) is 54.3 Å². The maximum absolute atomic E-state index is 12.5. The lowest BCUT2D eigenvalue weighted by Gasteiger charge is -2.23. The number of aromatic nitrogens is 2. The van der Waals surface area contributed by atoms with Crippen molar-refractivity contribution >= 4 is 17.5 Å². The summed E-state index contributed by atoms with van der Waals surface area (Å²) in [5.41, 5.74) is 1.51. The van der Waals surface area contributed by atoms with Crippen LogP contribution in [-0.4, -0.2) is 28.8 Å². The molecule has 1 amide bonds. The first-order valence-corrected chi connectivity index (χ1v) is 8.87. The first-order valence-electron chi connectivity index (χ1n) is 8.49. The SMILES string of the molecule is CCC(NC(=O)c1ccn(C2CCCNC2)n1)c1ccc(Cl)cc1. The van der Waals surface area contributed by atoms with Crippen molar-refractivity contribution in [2.45, 2.75) is 38.3 Å². The second-order valence-electron chi connectivity index (χ2n) is 6.17. The molecule has 1 fully saturated rings. The number of nitrogens with one attached hydrogen (secondary N) is 2. The molecule has 2 heterocycles. The molecule has 1 aliphatic rings. The number of piperidine rings is 1. The maximum atomic E-state index is 12.5. The van der Waals surface area contributed by atoms with Crippen LogP contribution in [-0.2, 0) is 0 Å². The molecular weight excluding hydrogens is 324 g/mol. The van der Waals surface area contributed by atoms with Crippen LogP contribution in [0.25, 0.3) is 0 Å². The second kappa shape index (κ2) is 7.81. The van der Waals surface area contributed by atoms with Gasteiger partial charge in [-0.25, -0.2) is 0 Å². The summed E-state index contributed by atoms with van der Waals surface area (Å²) in [5, 5.41) is 11.6. The van der Waals surface area contributed by atoms with Crippen LogP contribution in [0.5, 0.6) is 0 Å². The van der Waals surface area contributed by atoms with Gasteiger partial charge in [0, 0.05) is 17.8 Å². The van der Waals surface area contributed by atoms with Gasteiger partial charge in [-0.15, -0.1) is 0 Å². The number of carbonyl (C=O) groups is 1. The van der Waals surface area contributed by atoms with Gasteiger partial charge in [-0.2, -0.15) is 5.10 Å². The lowest BCUT2D eigenvalue weighted by atomic mass is 10.0. The second-order valence-corrected chi connectivity index (χ2v) is 6.60. The van der Waals surface area contributed by atoms with Gasteiger partial charge in [0.25, 0.3) is 5.91 Å². The number of nitrogens with zero attached hydrogens (tertiary/aromatic N) is 2. The Labute approximate surface area is 147 Å². The molecule has 2 atom stereocenters. The Balaban J connectivity index is 1.67. The van der Waals surface area contributed by atoms with Crippen molar-refractivity contribution in [3.05, 3.63) is 52.8 Å². The largest absolute Gasteiger partial charge is 0.344 e. The molecule has 1 aliphatic heterocycles. The Morgan fingerprint density at radius 3 is 2.88 bits per heavy atom. The third-order valence-electron chi connectivity index (χ3n) is 4.47. The smallest absolute Gasteiger partial charge is 0.272 e. The van der Waals surface area contributed by atoms with E-state index in [1.165, 1.54) is 0 Å². The zero-order valence-corrected chi connectivity index (χ0v) is 14.6. The van der Waals surface area contributed by atoms with Crippen molar-refractivity contribution < 1.29 is 4.79 Å². The normalized spacial score (nSPS) is 19.0. The van der Waals surface area contributed by atoms with E-state index in [2.05, 4.69) is 15.7 Å². The van der Waals surface area contributed by atoms with Gasteiger partial charge in [-0.05, 0) is 49.6 Å². The molecule has 0 aliphatic carbocycles. The van der Waals surface area contributed by atoms with E-state index >= 15 is 0 Å². The highest BCUT2D eigenvalue weighted by Gasteiger charge is 2.19. The van der Waals surface area contributed by atoms with Gasteiger partial charge in [-0.3, -0.25) is 9.48 Å². The molecular formula is C18H23ClN4O. The summed E-state index contributed by atoms with van der Waals surface area (Å²) in [6.45, 7) is 4.02. The number of benzene rings is 1. The van der Waals surface area contributed by atoms with E-state index in [1.807, 2.05) is 42.1 Å². The lowest BCUT2D eigenvalue weighted by molar-refractivity contribution is 0.0929. The monoisotopic (exact) mass is 346 g/mol. The fourth-order valence-corrected chi connectivity index (χ4v) is 3.20. The quantitative estimate of drug-likeness (QED) is 0.873. The molecule has 2 unspecified atom stereocenters. The molecule has 0 radical (unpaired) electrons. The summed E-state index contributed by atoms with van der Waals surface area (Å²) >= 11 is 5.93. The predicted molar refractivity (Wildman–Crippen MR) is 95.3 cm³/mol. The summed E-state index contributed by atoms with van der Waals surface area (Å²) in [4.78, 5) is 12.5. The van der Waals surface area contributed by atoms with E-state index in [4.69, 9.17) is 11.6 Å². The molecule has 0 bridgehead atoms. The summed E-state index contributed by atoms with van der Waals surface area (Å²) in [6.07, 6.45) is 4.94. The number of hydrogen-bond acceptors (Lipinski definition) is 3. The minimum atomic E-state index is -0.140. The first-order chi connectivity index (χ1) is 11.7. The Bertz CT molecular complexity index is 677. The van der Waals surface area contributed by atoms with E-state index < -0.39 is 0 Å². The molecule has 0 spiro atoms. The van der Waals surface area contributed by atoms with Gasteiger partial charge in [0.05, 0.1) is 12.1 Å². The van der Waals surface area contributed by atoms with Crippen LogP contribution in [0.4, 0.5) is 0 Å². The fourth-order valence-electron chi connectivity index (χ4n) is 3.07. The van der Waals surface area contributed by atoms with Gasteiger partial charge >= 0.3 is 0 Å². The van der Waals surface area contributed by atoms with Crippen molar-refractivity contribution in [3.63, 3.8) is 0 Å². The van der Waals surface area contributed by atoms with E-state index in [0.717, 1.165) is 37.9 Å². The molecule has 1 aromatic carbocycles. The third-order valence-corrected chi connectivity index (χ3v) is 4.72. The minimum absolute atomic E-state index is 0.0451. The van der Waals surface area contributed by atoms with Crippen LogP contribution in [0.2, 0.25) is 5.02 Å². The molecule has 128 valence electrons. The molecule has 24 heavy (non-hydrogen) atoms. The number of halogens is 1. The van der Waals surface area contributed by atoms with Crippen LogP contribution >= 0.6 is 11.6 Å². The summed E-state index contributed by atoms with van der Waals surface area (Å²) in [6, 6.07) is 9.66. The van der Waals surface area contributed by atoms with Crippen molar-refractivity contribution in [2.75, 3.05) is 13.1 Å². The maximum Gasteiger partial charge on any atom is 0.272 e. The van der Waals surface area contributed by atoms with Crippen LogP contribution in [0.3, 0.4) is 0 Å². The van der Waals surface area contributed by atoms with Gasteiger partial charge in [-0.1, -0.05) is 30.7 Å². The Hall–Kier alpha value is -1.85. The zero-order valence-electron chi connectivity index (χ0n) is 13.8. The summed E-state index contributed by atoms with van der Waals surface area (Å²) < 4.78 is 1.91. The van der Waals surface area contributed by atoms with Gasteiger partial charge < -0.3 is 10.6 Å². The topological polar surface area (TPSA) is 59.0 Å². The molecule has 5 nitrogen and oxygen atoms in total. The molecule has 1 saturated heterocycles. The average Bonchev–Trinajstić information content (AvgIpc) is 3.11. The Kier molecular flexibility index (Phi) is 5.53. The molecule has 1 aromatic heterocycles. The predicted octanol–water partition coefficient (Wildman–Crippen LogP) is 3.34. The number of rotatable bonds is 5. The van der Waals surface area contributed by atoms with Crippen LogP contribution < -0.4 is 10.6 Å². The molecule has 2 N–H and O–H groups in total. The Morgan fingerprint density at radius 2 is 2.21 bits per heavy atom. The highest BCUT2D eigenvalue weighted by molar-refractivity contribution is 6.30. The fraction of sp³-hybridized carbons (Fsp3) is 0.444. The molecule has 3 rings (SSSR count). The molecule has 2 aromatic rings. The third kappa shape index (κ3) is 3.97. The van der Waals surface area contributed by atoms with E-state index in [0.29, 0.717) is 16.8 Å². The van der Waals surface area contributed by atoms with Crippen LogP contribution in [0.15, 0.2) is 36.5 Å². The molecule has 6 heteroatoms. The average molecular weight is 347 g/mol. The number of hydrogen-bond donors (Lipinski definition) is 2. The standard InChI is InChI=1S/C18H23ClN4O/c1-2-16(13-5-7-14(19)8-6-13)21-18(24)17-9-11-23(22-17)15-4-3-10-20-12-15/h5-9,11,15-16,20H,2-4,10,12H2,1H3,(H,21,24). The van der Waals surface area contributed by atoms with Gasteiger partial charge in [0.2, 0.25) is 0 Å². The van der Waals surface area contributed by atoms with E-state index in [9.17, 15) is 4.79 Å².